The van der Waals surface area contributed by atoms with E-state index < -0.39 is 0 Å². The molecule has 0 spiro atoms. The first-order valence-corrected chi connectivity index (χ1v) is 10.4. The van der Waals surface area contributed by atoms with Crippen LogP contribution < -0.4 is 9.47 Å². The summed E-state index contributed by atoms with van der Waals surface area (Å²) in [5, 5.41) is 2.03. The van der Waals surface area contributed by atoms with Crippen molar-refractivity contribution >= 4 is 63.7 Å². The van der Waals surface area contributed by atoms with Crippen LogP contribution in [-0.4, -0.2) is 23.9 Å². The Labute approximate surface area is 154 Å². The van der Waals surface area contributed by atoms with Crippen LogP contribution in [0.1, 0.15) is 25.7 Å². The van der Waals surface area contributed by atoms with Gasteiger partial charge in [-0.05, 0) is 69.7 Å². The van der Waals surface area contributed by atoms with Gasteiger partial charge in [-0.3, -0.25) is 0 Å². The van der Waals surface area contributed by atoms with Crippen molar-refractivity contribution in [1.82, 2.24) is 0 Å². The molecule has 0 N–H and O–H groups in total. The van der Waals surface area contributed by atoms with Crippen molar-refractivity contribution in [2.75, 3.05) is 23.9 Å². The number of alkyl halides is 2. The first-order chi connectivity index (χ1) is 9.69. The van der Waals surface area contributed by atoms with Crippen LogP contribution in [0.15, 0.2) is 21.1 Å². The van der Waals surface area contributed by atoms with E-state index in [9.17, 15) is 0 Å². The van der Waals surface area contributed by atoms with E-state index in [-0.39, 0.29) is 0 Å². The van der Waals surface area contributed by atoms with Crippen molar-refractivity contribution in [3.63, 3.8) is 0 Å². The van der Waals surface area contributed by atoms with Gasteiger partial charge in [0.1, 0.15) is 11.5 Å². The molecule has 20 heavy (non-hydrogen) atoms. The van der Waals surface area contributed by atoms with Gasteiger partial charge in [-0.2, -0.15) is 0 Å². The molecule has 114 valence electrons. The second-order valence-corrected chi connectivity index (χ2v) is 7.50. The summed E-state index contributed by atoms with van der Waals surface area (Å²) in [5.74, 6) is 1.69. The summed E-state index contributed by atoms with van der Waals surface area (Å²) < 4.78 is 13.4. The Balaban J connectivity index is 2.52. The molecule has 6 heteroatoms. The third-order valence-electron chi connectivity index (χ3n) is 2.56. The van der Waals surface area contributed by atoms with E-state index in [2.05, 4.69) is 63.7 Å². The fourth-order valence-electron chi connectivity index (χ4n) is 1.49. The Morgan fingerprint density at radius 2 is 1.10 bits per heavy atom. The van der Waals surface area contributed by atoms with Crippen molar-refractivity contribution in [3.05, 3.63) is 21.1 Å². The first-order valence-electron chi connectivity index (χ1n) is 6.55. The van der Waals surface area contributed by atoms with E-state index in [4.69, 9.17) is 9.47 Å². The highest BCUT2D eigenvalue weighted by atomic mass is 79.9. The van der Waals surface area contributed by atoms with Gasteiger partial charge in [0.2, 0.25) is 0 Å². The van der Waals surface area contributed by atoms with Crippen LogP contribution in [0, 0.1) is 0 Å². The molecule has 0 aliphatic heterocycles. The standard InChI is InChI=1S/C14H18Br4O2/c15-5-1-3-7-19-13-9-12(18)14(10-11(13)17)20-8-4-2-6-16/h9-10H,1-8H2. The minimum absolute atomic E-state index is 0.724. The zero-order valence-electron chi connectivity index (χ0n) is 11.1. The van der Waals surface area contributed by atoms with E-state index in [1.54, 1.807) is 0 Å². The number of unbranched alkanes of at least 4 members (excludes halogenated alkanes) is 2. The molecule has 0 aromatic heterocycles. The maximum absolute atomic E-state index is 5.76. The van der Waals surface area contributed by atoms with Crippen LogP contribution in [0.4, 0.5) is 0 Å². The van der Waals surface area contributed by atoms with E-state index in [0.717, 1.165) is 70.0 Å². The van der Waals surface area contributed by atoms with Crippen molar-refractivity contribution < 1.29 is 9.47 Å². The number of ether oxygens (including phenoxy) is 2. The van der Waals surface area contributed by atoms with E-state index in [0.29, 0.717) is 0 Å². The van der Waals surface area contributed by atoms with Crippen LogP contribution in [0.5, 0.6) is 11.5 Å². The molecular weight excluding hydrogens is 520 g/mol. The van der Waals surface area contributed by atoms with Crippen LogP contribution in [0.3, 0.4) is 0 Å². The summed E-state index contributed by atoms with van der Waals surface area (Å²) in [6.07, 6.45) is 4.32. The van der Waals surface area contributed by atoms with Crippen molar-refractivity contribution in [2.45, 2.75) is 25.7 Å². The molecule has 1 aromatic rings. The molecule has 0 saturated carbocycles. The third kappa shape index (κ3) is 7.14. The summed E-state index contributed by atoms with van der Waals surface area (Å²) in [4.78, 5) is 0. The Morgan fingerprint density at radius 1 is 0.700 bits per heavy atom. The van der Waals surface area contributed by atoms with Gasteiger partial charge in [0.05, 0.1) is 22.2 Å². The molecule has 0 aliphatic carbocycles. The predicted octanol–water partition coefficient (Wildman–Crippen LogP) is 6.32. The zero-order valence-corrected chi connectivity index (χ0v) is 17.5. The Bertz CT molecular complexity index is 361. The summed E-state index contributed by atoms with van der Waals surface area (Å²) in [6.45, 7) is 1.45. The van der Waals surface area contributed by atoms with Gasteiger partial charge in [-0.1, -0.05) is 31.9 Å². The lowest BCUT2D eigenvalue weighted by molar-refractivity contribution is 0.298. The van der Waals surface area contributed by atoms with Gasteiger partial charge in [-0.25, -0.2) is 0 Å². The molecule has 0 unspecified atom stereocenters. The Morgan fingerprint density at radius 3 is 1.45 bits per heavy atom. The summed E-state index contributed by atoms with van der Waals surface area (Å²) in [5.41, 5.74) is 0. The number of benzene rings is 1. The van der Waals surface area contributed by atoms with Gasteiger partial charge in [0, 0.05) is 10.7 Å². The molecular formula is C14H18Br4O2. The van der Waals surface area contributed by atoms with E-state index >= 15 is 0 Å². The fraction of sp³-hybridized carbons (Fsp3) is 0.571. The third-order valence-corrected chi connectivity index (χ3v) is 4.92. The Hall–Kier alpha value is 0.740. The van der Waals surface area contributed by atoms with Crippen molar-refractivity contribution in [3.8, 4) is 11.5 Å². The molecule has 0 radical (unpaired) electrons. The highest BCUT2D eigenvalue weighted by Gasteiger charge is 2.09. The van der Waals surface area contributed by atoms with E-state index in [1.165, 1.54) is 0 Å². The molecule has 0 heterocycles. The summed E-state index contributed by atoms with van der Waals surface area (Å²) in [6, 6.07) is 3.91. The first kappa shape index (κ1) is 18.8. The highest BCUT2D eigenvalue weighted by molar-refractivity contribution is 9.11. The smallest absolute Gasteiger partial charge is 0.134 e. The molecule has 2 nitrogen and oxygen atoms in total. The van der Waals surface area contributed by atoms with Gasteiger partial charge >= 0.3 is 0 Å². The van der Waals surface area contributed by atoms with Gasteiger partial charge in [0.25, 0.3) is 0 Å². The van der Waals surface area contributed by atoms with Crippen LogP contribution in [-0.2, 0) is 0 Å². The monoisotopic (exact) mass is 534 g/mol. The maximum Gasteiger partial charge on any atom is 0.134 e. The lowest BCUT2D eigenvalue weighted by Gasteiger charge is -2.12. The highest BCUT2D eigenvalue weighted by Crippen LogP contribution is 2.36. The largest absolute Gasteiger partial charge is 0.492 e. The van der Waals surface area contributed by atoms with Crippen molar-refractivity contribution in [1.29, 1.82) is 0 Å². The SMILES string of the molecule is BrCCCCOc1cc(Br)c(OCCCCBr)cc1Br. The average molecular weight is 538 g/mol. The topological polar surface area (TPSA) is 18.5 Å². The fourth-order valence-corrected chi connectivity index (χ4v) is 3.16. The number of halogens is 4. The maximum atomic E-state index is 5.76. The number of hydrogen-bond donors (Lipinski definition) is 0. The van der Waals surface area contributed by atoms with Gasteiger partial charge < -0.3 is 9.47 Å². The minimum Gasteiger partial charge on any atom is -0.492 e. The number of hydrogen-bond acceptors (Lipinski definition) is 2. The summed E-state index contributed by atoms with van der Waals surface area (Å²) in [7, 11) is 0. The number of rotatable bonds is 10. The second-order valence-electron chi connectivity index (χ2n) is 4.20. The summed E-state index contributed by atoms with van der Waals surface area (Å²) >= 11 is 13.9. The molecule has 0 amide bonds. The predicted molar refractivity (Wildman–Crippen MR) is 98.9 cm³/mol. The van der Waals surface area contributed by atoms with Gasteiger partial charge in [0.15, 0.2) is 0 Å². The van der Waals surface area contributed by atoms with Crippen molar-refractivity contribution in [2.24, 2.45) is 0 Å². The molecule has 1 aromatic carbocycles. The van der Waals surface area contributed by atoms with E-state index in [1.807, 2.05) is 12.1 Å². The quantitative estimate of drug-likeness (QED) is 0.257. The molecule has 0 saturated heterocycles. The molecule has 0 aliphatic rings. The minimum atomic E-state index is 0.724. The van der Waals surface area contributed by atoms with Crippen LogP contribution in [0.2, 0.25) is 0 Å². The Kier molecular flexibility index (Phi) is 10.6. The van der Waals surface area contributed by atoms with Crippen LogP contribution >= 0.6 is 63.7 Å². The normalized spacial score (nSPS) is 10.6. The second kappa shape index (κ2) is 11.3. The zero-order chi connectivity index (χ0) is 14.8. The lowest BCUT2D eigenvalue weighted by Crippen LogP contribution is -2.01. The molecule has 0 fully saturated rings. The van der Waals surface area contributed by atoms with Crippen LogP contribution in [0.25, 0.3) is 0 Å². The molecule has 1 rings (SSSR count). The van der Waals surface area contributed by atoms with Gasteiger partial charge in [-0.15, -0.1) is 0 Å². The molecule has 0 bridgehead atoms. The lowest BCUT2D eigenvalue weighted by atomic mass is 10.3. The molecule has 0 atom stereocenters. The average Bonchev–Trinajstić information content (AvgIpc) is 2.44.